The molecule has 1 aromatic carbocycles. The number of hydrogen-bond donors (Lipinski definition) is 3. The highest BCUT2D eigenvalue weighted by Gasteiger charge is 2.51. The number of fused-ring (bicyclic) bond motifs is 2. The summed E-state index contributed by atoms with van der Waals surface area (Å²) in [5, 5.41) is 8.00. The highest BCUT2D eigenvalue weighted by Crippen LogP contribution is 2.53. The number of H-pyrrole nitrogens is 2. The molecule has 0 radical (unpaired) electrons. The number of oxazole rings is 1. The Hall–Kier alpha value is -3.46. The Balaban J connectivity index is 1.17. The maximum atomic E-state index is 13.2. The van der Waals surface area contributed by atoms with Gasteiger partial charge < -0.3 is 15.1 Å². The molecule has 3 aliphatic rings. The molecule has 1 spiro atoms. The van der Waals surface area contributed by atoms with Crippen LogP contribution >= 0.6 is 0 Å². The van der Waals surface area contributed by atoms with Crippen LogP contribution in [0.15, 0.2) is 46.1 Å². The maximum Gasteiger partial charge on any atom is 0.263 e. The standard InChI is InChI=1S/C24H25N7O2/c25-18-15-4-2-1-3-14(15)11-23(18)7-9-31(10-8-23)22-27-20-17(21(32)28-22)19(29-30-20)24(5-6-24)16-12-33-13-26-16/h1-4,12-13,18H,5-11,25H2,(H2,27,28,29,30,32)/t18-/m1/s1. The first kappa shape index (κ1) is 19.0. The smallest absolute Gasteiger partial charge is 0.263 e. The van der Waals surface area contributed by atoms with E-state index in [1.807, 2.05) is 0 Å². The van der Waals surface area contributed by atoms with E-state index in [1.54, 1.807) is 6.26 Å². The summed E-state index contributed by atoms with van der Waals surface area (Å²) in [7, 11) is 0. The van der Waals surface area contributed by atoms with Crippen molar-refractivity contribution in [3.05, 3.63) is 69.8 Å². The first-order valence-electron chi connectivity index (χ1n) is 11.6. The van der Waals surface area contributed by atoms with Crippen molar-refractivity contribution in [2.75, 3.05) is 18.0 Å². The number of nitrogens with zero attached hydrogens (tertiary/aromatic N) is 4. The molecule has 4 N–H and O–H groups in total. The first-order chi connectivity index (χ1) is 16.1. The molecule has 2 fully saturated rings. The minimum Gasteiger partial charge on any atom is -0.451 e. The van der Waals surface area contributed by atoms with Crippen LogP contribution in [-0.2, 0) is 11.8 Å². The van der Waals surface area contributed by atoms with Gasteiger partial charge in [0.1, 0.15) is 11.6 Å². The second kappa shape index (κ2) is 6.54. The highest BCUT2D eigenvalue weighted by molar-refractivity contribution is 5.80. The van der Waals surface area contributed by atoms with Crippen LogP contribution in [0.1, 0.15) is 54.2 Å². The zero-order valence-electron chi connectivity index (χ0n) is 18.2. The molecule has 1 saturated carbocycles. The number of nitrogens with two attached hydrogens (primary N) is 1. The van der Waals surface area contributed by atoms with Gasteiger partial charge in [-0.2, -0.15) is 10.1 Å². The number of hydrogen-bond acceptors (Lipinski definition) is 7. The van der Waals surface area contributed by atoms with Crippen molar-refractivity contribution in [2.24, 2.45) is 11.1 Å². The lowest BCUT2D eigenvalue weighted by Gasteiger charge is -2.42. The molecule has 9 heteroatoms. The molecule has 0 amide bonds. The second-order valence-corrected chi connectivity index (χ2v) is 9.85. The van der Waals surface area contributed by atoms with E-state index >= 15 is 0 Å². The van der Waals surface area contributed by atoms with Crippen LogP contribution in [0, 0.1) is 5.41 Å². The van der Waals surface area contributed by atoms with Gasteiger partial charge in [0.2, 0.25) is 5.95 Å². The van der Waals surface area contributed by atoms with Crippen LogP contribution in [0.2, 0.25) is 0 Å². The molecule has 1 atom stereocenters. The Morgan fingerprint density at radius 1 is 1.15 bits per heavy atom. The number of aromatic nitrogens is 5. The third-order valence-corrected chi connectivity index (χ3v) is 8.21. The van der Waals surface area contributed by atoms with Crippen LogP contribution in [0.3, 0.4) is 0 Å². The molecule has 2 aliphatic carbocycles. The van der Waals surface area contributed by atoms with E-state index in [-0.39, 0.29) is 22.4 Å². The highest BCUT2D eigenvalue weighted by atomic mass is 16.3. The fourth-order valence-corrected chi connectivity index (χ4v) is 6.09. The second-order valence-electron chi connectivity index (χ2n) is 9.85. The molecule has 33 heavy (non-hydrogen) atoms. The van der Waals surface area contributed by atoms with E-state index in [4.69, 9.17) is 15.1 Å². The molecule has 0 bridgehead atoms. The number of benzene rings is 1. The SMILES string of the molecule is N[C@@H]1c2ccccc2CC12CCN(c1nc3n[nH]c(C4(c5cocn5)CC4)c3c(=O)[nH]1)CC2. The van der Waals surface area contributed by atoms with Gasteiger partial charge in [-0.25, -0.2) is 4.98 Å². The van der Waals surface area contributed by atoms with Crippen molar-refractivity contribution in [1.29, 1.82) is 0 Å². The average Bonchev–Trinajstić information content (AvgIpc) is 3.17. The monoisotopic (exact) mass is 443 g/mol. The number of piperidine rings is 1. The molecular weight excluding hydrogens is 418 g/mol. The van der Waals surface area contributed by atoms with Crippen molar-refractivity contribution < 1.29 is 4.42 Å². The summed E-state index contributed by atoms with van der Waals surface area (Å²) in [6, 6.07) is 8.59. The summed E-state index contributed by atoms with van der Waals surface area (Å²) in [5.74, 6) is 0.579. The summed E-state index contributed by atoms with van der Waals surface area (Å²) in [4.78, 5) is 27.4. The zero-order valence-corrected chi connectivity index (χ0v) is 18.2. The average molecular weight is 444 g/mol. The largest absolute Gasteiger partial charge is 0.451 e. The van der Waals surface area contributed by atoms with E-state index in [1.165, 1.54) is 17.5 Å². The van der Waals surface area contributed by atoms with Gasteiger partial charge in [0.15, 0.2) is 12.0 Å². The van der Waals surface area contributed by atoms with Crippen LogP contribution in [0.4, 0.5) is 5.95 Å². The first-order valence-corrected chi connectivity index (χ1v) is 11.6. The van der Waals surface area contributed by atoms with Crippen molar-refractivity contribution in [3.63, 3.8) is 0 Å². The molecule has 168 valence electrons. The summed E-state index contributed by atoms with van der Waals surface area (Å²) in [5.41, 5.74) is 11.0. The maximum absolute atomic E-state index is 13.2. The topological polar surface area (TPSA) is 130 Å². The van der Waals surface area contributed by atoms with Crippen molar-refractivity contribution >= 4 is 17.0 Å². The normalized spacial score (nSPS) is 22.7. The molecule has 0 unspecified atom stereocenters. The van der Waals surface area contributed by atoms with E-state index in [0.717, 1.165) is 56.6 Å². The van der Waals surface area contributed by atoms with Crippen molar-refractivity contribution in [2.45, 2.75) is 43.6 Å². The van der Waals surface area contributed by atoms with Gasteiger partial charge in [-0.1, -0.05) is 24.3 Å². The minimum absolute atomic E-state index is 0.0606. The predicted molar refractivity (Wildman–Crippen MR) is 122 cm³/mol. The molecule has 7 rings (SSSR count). The summed E-state index contributed by atoms with van der Waals surface area (Å²) in [6.07, 6.45) is 7.81. The van der Waals surface area contributed by atoms with Crippen LogP contribution in [-0.4, -0.2) is 38.2 Å². The Morgan fingerprint density at radius 3 is 2.70 bits per heavy atom. The Labute approximate surface area is 189 Å². The van der Waals surface area contributed by atoms with E-state index in [9.17, 15) is 4.79 Å². The van der Waals surface area contributed by atoms with E-state index in [0.29, 0.717) is 17.0 Å². The van der Waals surface area contributed by atoms with Gasteiger partial charge in [-0.05, 0) is 48.6 Å². The molecule has 3 aromatic heterocycles. The van der Waals surface area contributed by atoms with Gasteiger partial charge in [-0.3, -0.25) is 14.9 Å². The van der Waals surface area contributed by atoms with Gasteiger partial charge in [0.25, 0.3) is 5.56 Å². The lowest BCUT2D eigenvalue weighted by Crippen LogP contribution is -2.45. The number of rotatable bonds is 3. The lowest BCUT2D eigenvalue weighted by molar-refractivity contribution is 0.187. The third kappa shape index (κ3) is 2.62. The zero-order chi connectivity index (χ0) is 22.2. The van der Waals surface area contributed by atoms with Gasteiger partial charge >= 0.3 is 0 Å². The van der Waals surface area contributed by atoms with Crippen LogP contribution in [0.25, 0.3) is 11.0 Å². The quantitative estimate of drug-likeness (QED) is 0.444. The van der Waals surface area contributed by atoms with Crippen molar-refractivity contribution in [1.82, 2.24) is 25.1 Å². The van der Waals surface area contributed by atoms with Gasteiger partial charge in [-0.15, -0.1) is 0 Å². The Morgan fingerprint density at radius 2 is 1.97 bits per heavy atom. The number of nitrogens with one attached hydrogen (secondary N) is 2. The van der Waals surface area contributed by atoms with Crippen molar-refractivity contribution in [3.8, 4) is 0 Å². The Kier molecular flexibility index (Phi) is 3.77. The third-order valence-electron chi connectivity index (χ3n) is 8.21. The lowest BCUT2D eigenvalue weighted by atomic mass is 9.73. The summed E-state index contributed by atoms with van der Waals surface area (Å²) < 4.78 is 5.18. The molecular formula is C24H25N7O2. The molecule has 9 nitrogen and oxygen atoms in total. The van der Waals surface area contributed by atoms with E-state index < -0.39 is 0 Å². The number of aromatic amines is 2. The Bertz CT molecular complexity index is 1410. The fourth-order valence-electron chi connectivity index (χ4n) is 6.09. The van der Waals surface area contributed by atoms with Crippen LogP contribution in [0.5, 0.6) is 0 Å². The van der Waals surface area contributed by atoms with E-state index in [2.05, 4.69) is 49.3 Å². The summed E-state index contributed by atoms with van der Waals surface area (Å²) >= 11 is 0. The van der Waals surface area contributed by atoms with Gasteiger partial charge in [0, 0.05) is 19.1 Å². The minimum atomic E-state index is -0.330. The molecule has 4 heterocycles. The summed E-state index contributed by atoms with van der Waals surface area (Å²) in [6.45, 7) is 1.60. The molecule has 1 aliphatic heterocycles. The predicted octanol–water partition coefficient (Wildman–Crippen LogP) is 2.56. The molecule has 1 saturated heterocycles. The number of anilines is 1. The fraction of sp³-hybridized carbons (Fsp3) is 0.417. The molecule has 4 aromatic rings. The van der Waals surface area contributed by atoms with Crippen LogP contribution < -0.4 is 16.2 Å². The van der Waals surface area contributed by atoms with Gasteiger partial charge in [0.05, 0.1) is 16.8 Å².